The lowest BCUT2D eigenvalue weighted by Gasteiger charge is -2.09. The second-order valence-electron chi connectivity index (χ2n) is 5.25. The van der Waals surface area contributed by atoms with Gasteiger partial charge in [-0.25, -0.2) is 13.1 Å². The normalized spacial score (nSPS) is 11.6. The second-order valence-corrected chi connectivity index (χ2v) is 7.45. The number of rotatable bonds is 6. The molecule has 9 heteroatoms. The van der Waals surface area contributed by atoms with Gasteiger partial charge in [-0.3, -0.25) is 9.89 Å². The zero-order valence-electron chi connectivity index (χ0n) is 13.0. The quantitative estimate of drug-likeness (QED) is 0.570. The first-order chi connectivity index (χ1) is 12.0. The average Bonchev–Trinajstić information content (AvgIpc) is 3.07. The van der Waals surface area contributed by atoms with Gasteiger partial charge in [-0.15, -0.1) is 0 Å². The maximum Gasteiger partial charge on any atom is 0.253 e. The number of nitrogens with one attached hydrogen (secondary N) is 3. The van der Waals surface area contributed by atoms with Crippen LogP contribution in [0.2, 0.25) is 5.02 Å². The fourth-order valence-electron chi connectivity index (χ4n) is 2.33. The van der Waals surface area contributed by atoms with E-state index in [2.05, 4.69) is 20.2 Å². The first-order valence-corrected chi connectivity index (χ1v) is 9.29. The Kier molecular flexibility index (Phi) is 5.03. The molecule has 0 saturated heterocycles. The van der Waals surface area contributed by atoms with Crippen LogP contribution in [0.5, 0.6) is 0 Å². The number of benzene rings is 2. The van der Waals surface area contributed by atoms with Crippen LogP contribution in [-0.4, -0.2) is 37.6 Å². The number of aromatic nitrogens is 2. The van der Waals surface area contributed by atoms with Crippen molar-refractivity contribution in [2.75, 3.05) is 13.1 Å². The Bertz CT molecular complexity index is 1020. The second kappa shape index (κ2) is 7.22. The van der Waals surface area contributed by atoms with Crippen LogP contribution in [0.3, 0.4) is 0 Å². The van der Waals surface area contributed by atoms with Crippen molar-refractivity contribution in [2.24, 2.45) is 0 Å². The van der Waals surface area contributed by atoms with Gasteiger partial charge in [0.1, 0.15) is 0 Å². The molecular formula is C16H15ClN4O3S. The number of para-hydroxylation sites is 1. The average molecular weight is 379 g/mol. The topological polar surface area (TPSA) is 104 Å². The highest BCUT2D eigenvalue weighted by atomic mass is 35.5. The Balaban J connectivity index is 1.58. The van der Waals surface area contributed by atoms with Crippen molar-refractivity contribution >= 4 is 38.4 Å². The van der Waals surface area contributed by atoms with E-state index >= 15 is 0 Å². The summed E-state index contributed by atoms with van der Waals surface area (Å²) in [6.45, 7) is 0.197. The molecule has 0 atom stereocenters. The molecule has 1 amide bonds. The lowest BCUT2D eigenvalue weighted by molar-refractivity contribution is 0.0956. The molecule has 25 heavy (non-hydrogen) atoms. The van der Waals surface area contributed by atoms with Crippen molar-refractivity contribution in [1.29, 1.82) is 0 Å². The van der Waals surface area contributed by atoms with Crippen LogP contribution < -0.4 is 10.0 Å². The number of carbonyl (C=O) groups is 1. The van der Waals surface area contributed by atoms with Gasteiger partial charge in [-0.05, 0) is 24.3 Å². The minimum atomic E-state index is -3.67. The van der Waals surface area contributed by atoms with E-state index in [0.717, 1.165) is 5.39 Å². The first-order valence-electron chi connectivity index (χ1n) is 7.43. The van der Waals surface area contributed by atoms with Gasteiger partial charge in [-0.2, -0.15) is 5.10 Å². The van der Waals surface area contributed by atoms with Crippen LogP contribution >= 0.6 is 11.6 Å². The summed E-state index contributed by atoms with van der Waals surface area (Å²) >= 11 is 5.80. The highest BCUT2D eigenvalue weighted by Crippen LogP contribution is 2.16. The van der Waals surface area contributed by atoms with E-state index < -0.39 is 10.0 Å². The van der Waals surface area contributed by atoms with Crippen molar-refractivity contribution in [3.8, 4) is 0 Å². The van der Waals surface area contributed by atoms with Crippen molar-refractivity contribution in [1.82, 2.24) is 20.2 Å². The maximum absolute atomic E-state index is 12.2. The highest BCUT2D eigenvalue weighted by Gasteiger charge is 2.14. The standard InChI is InChI=1S/C16H15ClN4O3S/c17-12-4-2-5-13(9-12)25(23,24)20-8-7-18-16(22)14-6-1-3-11-10-19-21-15(11)14/h1-6,9-10,20H,7-8H2,(H,18,22)(H,19,21). The van der Waals surface area contributed by atoms with Crippen LogP contribution in [0.25, 0.3) is 10.9 Å². The number of nitrogens with zero attached hydrogens (tertiary/aromatic N) is 1. The van der Waals surface area contributed by atoms with E-state index in [1.165, 1.54) is 12.1 Å². The van der Waals surface area contributed by atoms with E-state index in [1.807, 2.05) is 6.07 Å². The number of amides is 1. The Hall–Kier alpha value is -2.42. The number of hydrogen-bond acceptors (Lipinski definition) is 4. The number of aromatic amines is 1. The molecule has 0 aliphatic rings. The van der Waals surface area contributed by atoms with E-state index in [9.17, 15) is 13.2 Å². The molecule has 130 valence electrons. The summed E-state index contributed by atoms with van der Waals surface area (Å²) in [4.78, 5) is 12.3. The zero-order chi connectivity index (χ0) is 17.9. The zero-order valence-corrected chi connectivity index (χ0v) is 14.6. The molecule has 0 aliphatic carbocycles. The summed E-state index contributed by atoms with van der Waals surface area (Å²) in [7, 11) is -3.67. The summed E-state index contributed by atoms with van der Waals surface area (Å²) in [5.41, 5.74) is 1.09. The third-order valence-electron chi connectivity index (χ3n) is 3.53. The Morgan fingerprint density at radius 2 is 1.96 bits per heavy atom. The minimum Gasteiger partial charge on any atom is -0.351 e. The number of sulfonamides is 1. The number of H-pyrrole nitrogens is 1. The largest absolute Gasteiger partial charge is 0.351 e. The van der Waals surface area contributed by atoms with Gasteiger partial charge in [0, 0.05) is 23.5 Å². The minimum absolute atomic E-state index is 0.0551. The summed E-state index contributed by atoms with van der Waals surface area (Å²) in [5.74, 6) is -0.309. The number of halogens is 1. The number of fused-ring (bicyclic) bond motifs is 1. The Morgan fingerprint density at radius 1 is 1.16 bits per heavy atom. The molecule has 0 saturated carbocycles. The molecule has 0 bridgehead atoms. The van der Waals surface area contributed by atoms with Gasteiger partial charge in [0.15, 0.2) is 0 Å². The molecule has 7 nitrogen and oxygen atoms in total. The number of hydrogen-bond donors (Lipinski definition) is 3. The fourth-order valence-corrected chi connectivity index (χ4v) is 3.66. The third kappa shape index (κ3) is 3.98. The molecule has 0 unspecified atom stereocenters. The summed E-state index contributed by atoms with van der Waals surface area (Å²) in [6.07, 6.45) is 1.63. The Labute approximate surface area is 149 Å². The molecule has 0 aliphatic heterocycles. The molecule has 0 fully saturated rings. The van der Waals surface area contributed by atoms with Crippen LogP contribution in [0.15, 0.2) is 53.6 Å². The van der Waals surface area contributed by atoms with Gasteiger partial charge >= 0.3 is 0 Å². The van der Waals surface area contributed by atoms with E-state index in [-0.39, 0.29) is 23.9 Å². The molecule has 0 radical (unpaired) electrons. The van der Waals surface area contributed by atoms with Gasteiger partial charge in [0.2, 0.25) is 10.0 Å². The monoisotopic (exact) mass is 378 g/mol. The molecule has 3 aromatic rings. The molecule has 3 N–H and O–H groups in total. The first kappa shape index (κ1) is 17.4. The lowest BCUT2D eigenvalue weighted by atomic mass is 10.1. The lowest BCUT2D eigenvalue weighted by Crippen LogP contribution is -2.34. The Morgan fingerprint density at radius 3 is 2.76 bits per heavy atom. The number of carbonyl (C=O) groups excluding carboxylic acids is 1. The van der Waals surface area contributed by atoms with Crippen molar-refractivity contribution in [2.45, 2.75) is 4.90 Å². The van der Waals surface area contributed by atoms with Crippen molar-refractivity contribution in [3.63, 3.8) is 0 Å². The predicted molar refractivity (Wildman–Crippen MR) is 95.1 cm³/mol. The van der Waals surface area contributed by atoms with Crippen LogP contribution in [0.4, 0.5) is 0 Å². The molecule has 3 rings (SSSR count). The van der Waals surface area contributed by atoms with Crippen molar-refractivity contribution < 1.29 is 13.2 Å². The summed E-state index contributed by atoms with van der Waals surface area (Å²) in [6, 6.07) is 11.2. The van der Waals surface area contributed by atoms with Gasteiger partial charge in [-0.1, -0.05) is 29.8 Å². The summed E-state index contributed by atoms with van der Waals surface area (Å²) < 4.78 is 26.7. The third-order valence-corrected chi connectivity index (χ3v) is 5.22. The fraction of sp³-hybridized carbons (Fsp3) is 0.125. The van der Waals surface area contributed by atoms with E-state index in [4.69, 9.17) is 11.6 Å². The smallest absolute Gasteiger partial charge is 0.253 e. The van der Waals surface area contributed by atoms with Crippen molar-refractivity contribution in [3.05, 3.63) is 59.2 Å². The molecular weight excluding hydrogens is 364 g/mol. The van der Waals surface area contributed by atoms with Crippen LogP contribution in [0.1, 0.15) is 10.4 Å². The van der Waals surface area contributed by atoms with Crippen LogP contribution in [0, 0.1) is 0 Å². The van der Waals surface area contributed by atoms with Gasteiger partial charge < -0.3 is 5.32 Å². The van der Waals surface area contributed by atoms with E-state index in [1.54, 1.807) is 30.5 Å². The van der Waals surface area contributed by atoms with Gasteiger partial charge in [0.05, 0.1) is 22.2 Å². The maximum atomic E-state index is 12.2. The van der Waals surface area contributed by atoms with Crippen LogP contribution in [-0.2, 0) is 10.0 Å². The van der Waals surface area contributed by atoms with E-state index in [0.29, 0.717) is 16.1 Å². The summed E-state index contributed by atoms with van der Waals surface area (Å²) in [5, 5.41) is 10.5. The molecule has 1 heterocycles. The molecule has 0 spiro atoms. The SMILES string of the molecule is O=C(NCCNS(=O)(=O)c1cccc(Cl)c1)c1cccc2cn[nH]c12. The highest BCUT2D eigenvalue weighted by molar-refractivity contribution is 7.89. The molecule has 2 aromatic carbocycles. The predicted octanol–water partition coefficient (Wildman–Crippen LogP) is 1.92. The van der Waals surface area contributed by atoms with Gasteiger partial charge in [0.25, 0.3) is 5.91 Å². The molecule has 1 aromatic heterocycles.